The lowest BCUT2D eigenvalue weighted by Gasteiger charge is -2.52. The van der Waals surface area contributed by atoms with Crippen molar-refractivity contribution >= 4 is 34.8 Å². The van der Waals surface area contributed by atoms with Crippen LogP contribution < -0.4 is 10.6 Å². The number of amides is 4. The first kappa shape index (κ1) is 34.7. The van der Waals surface area contributed by atoms with Crippen LogP contribution in [-0.2, 0) is 9.59 Å². The summed E-state index contributed by atoms with van der Waals surface area (Å²) in [5.41, 5.74) is 3.86. The Labute approximate surface area is 316 Å². The molecule has 0 aromatic heterocycles. The smallest absolute Gasteiger partial charge is 0.272 e. The maximum atomic E-state index is 14.5. The van der Waals surface area contributed by atoms with E-state index in [0.29, 0.717) is 35.6 Å². The molecular formula is C44H48N6O4. The molecule has 9 rings (SSSR count). The fraction of sp³-hybridized carbons (Fsp3) is 0.409. The Morgan fingerprint density at radius 2 is 0.852 bits per heavy atom. The highest BCUT2D eigenvalue weighted by Gasteiger charge is 2.59. The summed E-state index contributed by atoms with van der Waals surface area (Å²) in [5, 5.41) is 6.21. The molecule has 6 aliphatic heterocycles. The molecule has 2 unspecified atom stereocenters. The lowest BCUT2D eigenvalue weighted by molar-refractivity contribution is -0.140. The van der Waals surface area contributed by atoms with Gasteiger partial charge < -0.3 is 20.4 Å². The van der Waals surface area contributed by atoms with Gasteiger partial charge >= 0.3 is 0 Å². The topological polar surface area (TPSA) is 105 Å². The maximum Gasteiger partial charge on any atom is 0.272 e. The molecule has 2 atom stereocenters. The molecule has 10 nitrogen and oxygen atoms in total. The van der Waals surface area contributed by atoms with Gasteiger partial charge in [-0.2, -0.15) is 0 Å². The standard InChI is InChI=1S/C44H48N6O4/c51-39(33-15-5-1-6-16-33)45-37-35(43-23-9-3-11-25-47(43)27-13-29-49(43)41(37)53)31-19-21-32(22-20-31)36-38(46-40(52)34-17-7-2-8-18-34)42(54)50-30-14-28-48-26-12-4-10-24-44(36,48)50/h1-2,5-8,15-22H,3-4,9-14,23-30H2,(H,45,51)(H,46,52). The van der Waals surface area contributed by atoms with Crippen LogP contribution in [-0.4, -0.2) is 93.8 Å². The van der Waals surface area contributed by atoms with E-state index in [1.165, 1.54) is 0 Å². The highest BCUT2D eigenvalue weighted by atomic mass is 16.2. The summed E-state index contributed by atoms with van der Waals surface area (Å²) in [6.07, 6.45) is 9.63. The fourth-order valence-electron chi connectivity index (χ4n) is 10.4. The van der Waals surface area contributed by atoms with E-state index >= 15 is 0 Å². The van der Waals surface area contributed by atoms with Gasteiger partial charge in [-0.05, 0) is 86.8 Å². The van der Waals surface area contributed by atoms with Crippen LogP contribution >= 0.6 is 0 Å². The SMILES string of the molecule is O=C(NC1=C(c2ccc(C3=C(NC(=O)c4ccccc4)C(=O)N4CCCN5CCCCCC354)cc2)C23CCCCCN2CCCN3C1=O)c1ccccc1. The number of carbonyl (C=O) groups excluding carboxylic acids is 4. The largest absolute Gasteiger partial charge is 0.317 e. The van der Waals surface area contributed by atoms with Gasteiger partial charge in [-0.25, -0.2) is 0 Å². The van der Waals surface area contributed by atoms with Gasteiger partial charge in [0.15, 0.2) is 0 Å². The van der Waals surface area contributed by atoms with E-state index in [1.807, 2.05) is 46.2 Å². The molecule has 3 aromatic rings. The first-order chi connectivity index (χ1) is 26.4. The molecule has 0 aliphatic carbocycles. The van der Waals surface area contributed by atoms with Crippen LogP contribution in [0.5, 0.6) is 0 Å². The molecule has 4 fully saturated rings. The summed E-state index contributed by atoms with van der Waals surface area (Å²) in [4.78, 5) is 65.4. The summed E-state index contributed by atoms with van der Waals surface area (Å²) in [6, 6.07) is 26.4. The van der Waals surface area contributed by atoms with Crippen LogP contribution in [0.15, 0.2) is 96.3 Å². The molecule has 6 aliphatic rings. The number of nitrogens with zero attached hydrogens (tertiary/aromatic N) is 4. The molecule has 54 heavy (non-hydrogen) atoms. The third-order valence-corrected chi connectivity index (χ3v) is 12.7. The zero-order valence-electron chi connectivity index (χ0n) is 30.8. The minimum absolute atomic E-state index is 0.134. The van der Waals surface area contributed by atoms with E-state index in [2.05, 4.69) is 44.7 Å². The van der Waals surface area contributed by atoms with Crippen molar-refractivity contribution in [3.8, 4) is 0 Å². The van der Waals surface area contributed by atoms with Gasteiger partial charge in [0.2, 0.25) is 0 Å². The van der Waals surface area contributed by atoms with E-state index < -0.39 is 11.3 Å². The van der Waals surface area contributed by atoms with Crippen molar-refractivity contribution in [2.24, 2.45) is 0 Å². The normalized spacial score (nSPS) is 26.1. The van der Waals surface area contributed by atoms with Crippen molar-refractivity contribution in [3.63, 3.8) is 0 Å². The van der Waals surface area contributed by atoms with Gasteiger partial charge in [-0.15, -0.1) is 0 Å². The average Bonchev–Trinajstić information content (AvgIpc) is 3.38. The molecule has 0 saturated carbocycles. The number of benzene rings is 3. The predicted molar refractivity (Wildman–Crippen MR) is 206 cm³/mol. The Hall–Kier alpha value is -5.06. The summed E-state index contributed by atoms with van der Waals surface area (Å²) >= 11 is 0. The summed E-state index contributed by atoms with van der Waals surface area (Å²) in [6.45, 7) is 4.82. The quantitative estimate of drug-likeness (QED) is 0.343. The van der Waals surface area contributed by atoms with Gasteiger partial charge in [0, 0.05) is 61.5 Å². The predicted octanol–water partition coefficient (Wildman–Crippen LogP) is 5.61. The Morgan fingerprint density at radius 1 is 0.463 bits per heavy atom. The second kappa shape index (κ2) is 14.0. The van der Waals surface area contributed by atoms with E-state index in [-0.39, 0.29) is 23.6 Å². The van der Waals surface area contributed by atoms with Crippen molar-refractivity contribution in [3.05, 3.63) is 119 Å². The fourth-order valence-corrected chi connectivity index (χ4v) is 10.4. The van der Waals surface area contributed by atoms with Crippen molar-refractivity contribution in [2.45, 2.75) is 75.5 Å². The number of hydrogen-bond acceptors (Lipinski definition) is 6. The van der Waals surface area contributed by atoms with Crippen LogP contribution in [0.4, 0.5) is 0 Å². The van der Waals surface area contributed by atoms with Gasteiger partial charge in [0.1, 0.15) is 22.7 Å². The minimum atomic E-state index is -0.652. The van der Waals surface area contributed by atoms with E-state index in [9.17, 15) is 19.2 Å². The Bertz CT molecular complexity index is 1900. The first-order valence-corrected chi connectivity index (χ1v) is 19.9. The summed E-state index contributed by atoms with van der Waals surface area (Å²) < 4.78 is 0. The molecule has 3 aromatic carbocycles. The maximum absolute atomic E-state index is 14.5. The zero-order valence-corrected chi connectivity index (χ0v) is 30.8. The second-order valence-corrected chi connectivity index (χ2v) is 15.6. The average molecular weight is 725 g/mol. The third kappa shape index (κ3) is 5.44. The van der Waals surface area contributed by atoms with Gasteiger partial charge in [-0.1, -0.05) is 73.5 Å². The Balaban J connectivity index is 1.19. The molecule has 4 saturated heterocycles. The zero-order chi connectivity index (χ0) is 36.9. The molecule has 2 spiro atoms. The Kier molecular flexibility index (Phi) is 8.98. The van der Waals surface area contributed by atoms with Crippen molar-refractivity contribution < 1.29 is 19.2 Å². The van der Waals surface area contributed by atoms with Crippen LogP contribution in [0.1, 0.15) is 96.1 Å². The monoisotopic (exact) mass is 724 g/mol. The molecule has 4 amide bonds. The van der Waals surface area contributed by atoms with E-state index in [4.69, 9.17) is 0 Å². The van der Waals surface area contributed by atoms with Gasteiger partial charge in [-0.3, -0.25) is 29.0 Å². The summed E-state index contributed by atoms with van der Waals surface area (Å²) in [7, 11) is 0. The lowest BCUT2D eigenvalue weighted by Crippen LogP contribution is -2.63. The number of hydrogen-bond donors (Lipinski definition) is 2. The van der Waals surface area contributed by atoms with Crippen LogP contribution in [0.25, 0.3) is 11.1 Å². The van der Waals surface area contributed by atoms with Gasteiger partial charge in [0.05, 0.1) is 0 Å². The molecule has 0 radical (unpaired) electrons. The minimum Gasteiger partial charge on any atom is -0.317 e. The molecule has 278 valence electrons. The highest BCUT2D eigenvalue weighted by molar-refractivity contribution is 6.14. The van der Waals surface area contributed by atoms with Crippen LogP contribution in [0.2, 0.25) is 0 Å². The number of nitrogens with one attached hydrogen (secondary N) is 2. The highest BCUT2D eigenvalue weighted by Crippen LogP contribution is 2.52. The van der Waals surface area contributed by atoms with Crippen LogP contribution in [0, 0.1) is 0 Å². The summed E-state index contributed by atoms with van der Waals surface area (Å²) in [5.74, 6) is -0.873. The third-order valence-electron chi connectivity index (χ3n) is 12.7. The Morgan fingerprint density at radius 3 is 1.26 bits per heavy atom. The molecule has 6 heterocycles. The first-order valence-electron chi connectivity index (χ1n) is 19.9. The number of carbonyl (C=O) groups is 4. The molecule has 10 heteroatoms. The second-order valence-electron chi connectivity index (χ2n) is 15.6. The van der Waals surface area contributed by atoms with E-state index in [0.717, 1.165) is 113 Å². The van der Waals surface area contributed by atoms with Crippen molar-refractivity contribution in [1.82, 2.24) is 30.2 Å². The lowest BCUT2D eigenvalue weighted by atomic mass is 9.83. The molecular weight excluding hydrogens is 677 g/mol. The van der Waals surface area contributed by atoms with Crippen molar-refractivity contribution in [2.75, 3.05) is 39.3 Å². The molecule has 2 N–H and O–H groups in total. The van der Waals surface area contributed by atoms with E-state index in [1.54, 1.807) is 24.3 Å². The van der Waals surface area contributed by atoms with Crippen LogP contribution in [0.3, 0.4) is 0 Å². The molecule has 0 bridgehead atoms. The van der Waals surface area contributed by atoms with Gasteiger partial charge in [0.25, 0.3) is 23.6 Å². The number of rotatable bonds is 6. The van der Waals surface area contributed by atoms with Crippen molar-refractivity contribution in [1.29, 1.82) is 0 Å².